The minimum Gasteiger partial charge on any atom is -0.458 e. The maximum Gasteiger partial charge on any atom is 0.171 e. The molecule has 0 radical (unpaired) electrons. The molecule has 0 aliphatic heterocycles. The Morgan fingerprint density at radius 2 is 2.22 bits per heavy atom. The number of rotatable bonds is 3. The van der Waals surface area contributed by atoms with Crippen LogP contribution in [-0.4, -0.2) is 10.8 Å². The number of Topliss-reactive ketones (excluding diaryl/α,β-unsaturated/α-hetero) is 1. The van der Waals surface area contributed by atoms with Crippen molar-refractivity contribution in [2.75, 3.05) is 0 Å². The van der Waals surface area contributed by atoms with Gasteiger partial charge in [-0.05, 0) is 31.4 Å². The molecule has 3 nitrogen and oxygen atoms in total. The molecule has 0 spiro atoms. The van der Waals surface area contributed by atoms with E-state index in [4.69, 9.17) is 4.42 Å². The molecule has 1 saturated carbocycles. The fraction of sp³-hybridized carbons (Fsp3) is 0.429. The van der Waals surface area contributed by atoms with Gasteiger partial charge in [-0.2, -0.15) is 0 Å². The summed E-state index contributed by atoms with van der Waals surface area (Å²) in [6.07, 6.45) is 1.21. The van der Waals surface area contributed by atoms with Gasteiger partial charge in [0.05, 0.1) is 10.6 Å². The van der Waals surface area contributed by atoms with Crippen molar-refractivity contribution in [2.45, 2.75) is 33.1 Å². The van der Waals surface area contributed by atoms with Crippen molar-refractivity contribution in [3.05, 3.63) is 28.5 Å². The van der Waals surface area contributed by atoms with Crippen LogP contribution in [0, 0.1) is 12.8 Å². The Bertz CT molecular complexity index is 611. The van der Waals surface area contributed by atoms with Crippen molar-refractivity contribution < 1.29 is 9.21 Å². The summed E-state index contributed by atoms with van der Waals surface area (Å²) in [7, 11) is 0. The van der Waals surface area contributed by atoms with E-state index < -0.39 is 0 Å². The van der Waals surface area contributed by atoms with Gasteiger partial charge in [-0.25, -0.2) is 4.98 Å². The van der Waals surface area contributed by atoms with Gasteiger partial charge in [0.1, 0.15) is 5.76 Å². The van der Waals surface area contributed by atoms with Gasteiger partial charge in [0.15, 0.2) is 16.6 Å². The zero-order chi connectivity index (χ0) is 12.9. The van der Waals surface area contributed by atoms with Crippen molar-refractivity contribution in [1.29, 1.82) is 0 Å². The Morgan fingerprint density at radius 3 is 2.78 bits per heavy atom. The summed E-state index contributed by atoms with van der Waals surface area (Å²) >= 11 is 1.41. The van der Waals surface area contributed by atoms with Crippen LogP contribution < -0.4 is 0 Å². The quantitative estimate of drug-likeness (QED) is 0.783. The minimum atomic E-state index is 0.0684. The number of aryl methyl sites for hydroxylation is 1. The molecule has 1 aliphatic rings. The molecule has 0 aromatic carbocycles. The first-order valence-electron chi connectivity index (χ1n) is 6.14. The normalized spacial score (nSPS) is 22.2. The van der Waals surface area contributed by atoms with Gasteiger partial charge in [0.25, 0.3) is 0 Å². The molecule has 2 aromatic heterocycles. The predicted molar refractivity (Wildman–Crippen MR) is 71.1 cm³/mol. The molecule has 0 N–H and O–H groups in total. The van der Waals surface area contributed by atoms with Crippen molar-refractivity contribution in [1.82, 2.24) is 4.98 Å². The second-order valence-electron chi connectivity index (χ2n) is 5.01. The molecule has 0 saturated heterocycles. The molecule has 2 heterocycles. The highest BCUT2D eigenvalue weighted by Gasteiger charge is 2.36. The molecule has 0 amide bonds. The lowest BCUT2D eigenvalue weighted by atomic mass is 10.3. The number of ketones is 1. The van der Waals surface area contributed by atoms with Crippen LogP contribution in [0.15, 0.2) is 16.5 Å². The highest BCUT2D eigenvalue weighted by molar-refractivity contribution is 7.17. The van der Waals surface area contributed by atoms with Crippen LogP contribution >= 0.6 is 11.3 Å². The van der Waals surface area contributed by atoms with E-state index in [0.29, 0.717) is 5.92 Å². The van der Waals surface area contributed by atoms with Gasteiger partial charge in [-0.1, -0.05) is 6.92 Å². The lowest BCUT2D eigenvalue weighted by molar-refractivity contribution is 0.102. The van der Waals surface area contributed by atoms with Crippen LogP contribution in [0.4, 0.5) is 0 Å². The van der Waals surface area contributed by atoms with Crippen LogP contribution in [0.25, 0.3) is 10.8 Å². The van der Waals surface area contributed by atoms with Gasteiger partial charge in [0, 0.05) is 12.8 Å². The monoisotopic (exact) mass is 261 g/mol. The van der Waals surface area contributed by atoms with Gasteiger partial charge < -0.3 is 4.42 Å². The predicted octanol–water partition coefficient (Wildman–Crippen LogP) is 4.04. The molecule has 4 heteroatoms. The SMILES string of the molecule is CC(=O)c1sc(-c2ccc(C3CC3C)o2)nc1C. The second-order valence-corrected chi connectivity index (χ2v) is 6.01. The number of hydrogen-bond acceptors (Lipinski definition) is 4. The standard InChI is InChI=1S/C14H15NO2S/c1-7-6-10(7)11-4-5-12(17-11)14-15-8(2)13(18-14)9(3)16/h4-5,7,10H,6H2,1-3H3. The fourth-order valence-corrected chi connectivity index (χ4v) is 3.14. The number of furan rings is 1. The van der Waals surface area contributed by atoms with E-state index in [2.05, 4.69) is 11.9 Å². The third-order valence-corrected chi connectivity index (χ3v) is 4.70. The van der Waals surface area contributed by atoms with E-state index in [1.807, 2.05) is 19.1 Å². The Hall–Kier alpha value is -1.42. The van der Waals surface area contributed by atoms with Gasteiger partial charge in [-0.15, -0.1) is 11.3 Å². The zero-order valence-corrected chi connectivity index (χ0v) is 11.5. The molecular weight excluding hydrogens is 246 g/mol. The summed E-state index contributed by atoms with van der Waals surface area (Å²) in [6.45, 7) is 5.67. The first-order valence-corrected chi connectivity index (χ1v) is 6.96. The number of carbonyl (C=O) groups excluding carboxylic acids is 1. The molecule has 1 fully saturated rings. The average molecular weight is 261 g/mol. The maximum absolute atomic E-state index is 11.4. The molecule has 0 bridgehead atoms. The van der Waals surface area contributed by atoms with Crippen molar-refractivity contribution >= 4 is 17.1 Å². The van der Waals surface area contributed by atoms with Crippen LogP contribution in [-0.2, 0) is 0 Å². The van der Waals surface area contributed by atoms with Crippen LogP contribution in [0.1, 0.15) is 47.3 Å². The largest absolute Gasteiger partial charge is 0.458 e. The van der Waals surface area contributed by atoms with Crippen molar-refractivity contribution in [2.24, 2.45) is 5.92 Å². The molecule has 94 valence electrons. The Kier molecular flexibility index (Phi) is 2.63. The van der Waals surface area contributed by atoms with E-state index in [-0.39, 0.29) is 5.78 Å². The van der Waals surface area contributed by atoms with E-state index in [9.17, 15) is 4.79 Å². The van der Waals surface area contributed by atoms with Gasteiger partial charge >= 0.3 is 0 Å². The Balaban J connectivity index is 1.92. The smallest absolute Gasteiger partial charge is 0.171 e. The molecule has 2 atom stereocenters. The van der Waals surface area contributed by atoms with E-state index >= 15 is 0 Å². The second kappa shape index (κ2) is 4.05. The topological polar surface area (TPSA) is 43.1 Å². The summed E-state index contributed by atoms with van der Waals surface area (Å²) < 4.78 is 5.85. The summed E-state index contributed by atoms with van der Waals surface area (Å²) in [5, 5.41) is 0.803. The lowest BCUT2D eigenvalue weighted by Gasteiger charge is -1.91. The van der Waals surface area contributed by atoms with Crippen LogP contribution in [0.5, 0.6) is 0 Å². The molecule has 1 aliphatic carbocycles. The van der Waals surface area contributed by atoms with Crippen molar-refractivity contribution in [3.63, 3.8) is 0 Å². The molecule has 18 heavy (non-hydrogen) atoms. The molecule has 2 aromatic rings. The van der Waals surface area contributed by atoms with E-state index in [1.54, 1.807) is 6.92 Å². The number of nitrogens with zero attached hydrogens (tertiary/aromatic N) is 1. The summed E-state index contributed by atoms with van der Waals surface area (Å²) in [4.78, 5) is 16.6. The Labute approximate surface area is 110 Å². The lowest BCUT2D eigenvalue weighted by Crippen LogP contribution is -1.89. The first-order chi connectivity index (χ1) is 8.56. The van der Waals surface area contributed by atoms with Crippen LogP contribution in [0.2, 0.25) is 0 Å². The fourth-order valence-electron chi connectivity index (χ4n) is 2.21. The zero-order valence-electron chi connectivity index (χ0n) is 10.7. The van der Waals surface area contributed by atoms with E-state index in [1.165, 1.54) is 17.8 Å². The number of carbonyl (C=O) groups is 1. The number of thiazole rings is 1. The first kappa shape index (κ1) is 11.7. The van der Waals surface area contributed by atoms with E-state index in [0.717, 1.165) is 33.0 Å². The summed E-state index contributed by atoms with van der Waals surface area (Å²) in [5.74, 6) is 3.21. The number of hydrogen-bond donors (Lipinski definition) is 0. The van der Waals surface area contributed by atoms with Crippen molar-refractivity contribution in [3.8, 4) is 10.8 Å². The molecular formula is C14H15NO2S. The highest BCUT2D eigenvalue weighted by atomic mass is 32.1. The molecule has 3 rings (SSSR count). The third-order valence-electron chi connectivity index (χ3n) is 3.43. The highest BCUT2D eigenvalue weighted by Crippen LogP contribution is 2.48. The summed E-state index contributed by atoms with van der Waals surface area (Å²) in [5.41, 5.74) is 0.792. The minimum absolute atomic E-state index is 0.0684. The Morgan fingerprint density at radius 1 is 1.50 bits per heavy atom. The number of aromatic nitrogens is 1. The maximum atomic E-state index is 11.4. The third kappa shape index (κ3) is 1.90. The summed E-state index contributed by atoms with van der Waals surface area (Å²) in [6, 6.07) is 4.00. The van der Waals surface area contributed by atoms with Gasteiger partial charge in [-0.3, -0.25) is 4.79 Å². The van der Waals surface area contributed by atoms with Gasteiger partial charge in [0.2, 0.25) is 0 Å². The van der Waals surface area contributed by atoms with Crippen LogP contribution in [0.3, 0.4) is 0 Å². The average Bonchev–Trinajstić information content (AvgIpc) is 2.79. The molecule has 2 unspecified atom stereocenters.